The van der Waals surface area contributed by atoms with Gasteiger partial charge in [-0.05, 0) is 32.8 Å². The molecule has 1 aromatic heterocycles. The van der Waals surface area contributed by atoms with E-state index >= 15 is 0 Å². The fourth-order valence-electron chi connectivity index (χ4n) is 2.58. The van der Waals surface area contributed by atoms with Crippen LogP contribution in [0, 0.1) is 0 Å². The van der Waals surface area contributed by atoms with Gasteiger partial charge in [-0.3, -0.25) is 4.90 Å². The molecule has 2 amide bonds. The quantitative estimate of drug-likeness (QED) is 0.840. The summed E-state index contributed by atoms with van der Waals surface area (Å²) in [6.07, 6.45) is 2.84. The highest BCUT2D eigenvalue weighted by Crippen LogP contribution is 2.15. The van der Waals surface area contributed by atoms with Crippen molar-refractivity contribution < 1.29 is 9.53 Å². The molecule has 1 aliphatic rings. The molecular weight excluding hydrogens is 280 g/mol. The molecule has 0 aromatic carbocycles. The Bertz CT molecular complexity index is 476. The lowest BCUT2D eigenvalue weighted by Gasteiger charge is -2.17. The Balaban J connectivity index is 1.77. The van der Waals surface area contributed by atoms with Crippen molar-refractivity contribution >= 4 is 6.03 Å². The second-order valence-electron chi connectivity index (χ2n) is 5.93. The highest BCUT2D eigenvalue weighted by atomic mass is 16.5. The van der Waals surface area contributed by atoms with Crippen molar-refractivity contribution in [2.75, 3.05) is 19.7 Å². The van der Waals surface area contributed by atoms with Gasteiger partial charge >= 0.3 is 6.03 Å². The van der Waals surface area contributed by atoms with Gasteiger partial charge in [-0.1, -0.05) is 6.07 Å². The van der Waals surface area contributed by atoms with Crippen LogP contribution in [0.3, 0.4) is 0 Å². The molecule has 0 spiro atoms. The number of aromatic nitrogens is 1. The van der Waals surface area contributed by atoms with Gasteiger partial charge in [-0.2, -0.15) is 0 Å². The summed E-state index contributed by atoms with van der Waals surface area (Å²) in [5.74, 6) is 0.664. The molecule has 1 saturated heterocycles. The van der Waals surface area contributed by atoms with Gasteiger partial charge in [0.25, 0.3) is 0 Å². The van der Waals surface area contributed by atoms with Crippen LogP contribution < -0.4 is 15.4 Å². The zero-order valence-electron chi connectivity index (χ0n) is 13.6. The van der Waals surface area contributed by atoms with Gasteiger partial charge in [0.05, 0.1) is 6.61 Å². The smallest absolute Gasteiger partial charge is 0.315 e. The molecule has 0 saturated carbocycles. The van der Waals surface area contributed by atoms with Gasteiger partial charge in [-0.25, -0.2) is 9.78 Å². The first-order valence-electron chi connectivity index (χ1n) is 7.94. The zero-order chi connectivity index (χ0) is 15.9. The lowest BCUT2D eigenvalue weighted by Crippen LogP contribution is -2.45. The topological polar surface area (TPSA) is 66.5 Å². The monoisotopic (exact) mass is 306 g/mol. The summed E-state index contributed by atoms with van der Waals surface area (Å²) in [5, 5.41) is 5.88. The predicted molar refractivity (Wildman–Crippen MR) is 85.9 cm³/mol. The maximum atomic E-state index is 11.7. The van der Waals surface area contributed by atoms with Crippen LogP contribution in [0.2, 0.25) is 0 Å². The summed E-state index contributed by atoms with van der Waals surface area (Å²) in [6, 6.07) is 4.25. The van der Waals surface area contributed by atoms with E-state index in [9.17, 15) is 4.79 Å². The first kappa shape index (κ1) is 16.5. The molecule has 6 nitrogen and oxygen atoms in total. The second-order valence-corrected chi connectivity index (χ2v) is 5.93. The Labute approximate surface area is 132 Å². The van der Waals surface area contributed by atoms with E-state index in [2.05, 4.69) is 20.5 Å². The molecule has 1 fully saturated rings. The second kappa shape index (κ2) is 7.98. The molecule has 1 atom stereocenters. The van der Waals surface area contributed by atoms with Gasteiger partial charge < -0.3 is 15.4 Å². The Kier molecular flexibility index (Phi) is 6.00. The first-order chi connectivity index (χ1) is 10.6. The van der Waals surface area contributed by atoms with Crippen LogP contribution >= 0.6 is 0 Å². The van der Waals surface area contributed by atoms with Crippen molar-refractivity contribution in [2.45, 2.75) is 45.8 Å². The summed E-state index contributed by atoms with van der Waals surface area (Å²) in [7, 11) is 0. The van der Waals surface area contributed by atoms with Crippen molar-refractivity contribution in [1.82, 2.24) is 20.5 Å². The largest absolute Gasteiger partial charge is 0.478 e. The van der Waals surface area contributed by atoms with Crippen molar-refractivity contribution in [2.24, 2.45) is 0 Å². The average molecular weight is 306 g/mol. The summed E-state index contributed by atoms with van der Waals surface area (Å²) in [4.78, 5) is 18.3. The minimum Gasteiger partial charge on any atom is -0.478 e. The third-order valence-electron chi connectivity index (χ3n) is 3.52. The number of amides is 2. The van der Waals surface area contributed by atoms with Gasteiger partial charge in [0.15, 0.2) is 0 Å². The van der Waals surface area contributed by atoms with Crippen molar-refractivity contribution in [3.8, 4) is 5.88 Å². The highest BCUT2D eigenvalue weighted by Gasteiger charge is 2.23. The predicted octanol–water partition coefficient (Wildman–Crippen LogP) is 1.76. The minimum atomic E-state index is -0.0791. The Morgan fingerprint density at radius 2 is 2.32 bits per heavy atom. The van der Waals surface area contributed by atoms with Gasteiger partial charge in [0, 0.05) is 44.0 Å². The average Bonchev–Trinajstić information content (AvgIpc) is 2.87. The van der Waals surface area contributed by atoms with Crippen molar-refractivity contribution in [3.05, 3.63) is 23.9 Å². The van der Waals surface area contributed by atoms with E-state index in [1.807, 2.05) is 39.1 Å². The first-order valence-corrected chi connectivity index (χ1v) is 7.94. The highest BCUT2D eigenvalue weighted by molar-refractivity contribution is 5.74. The molecule has 0 unspecified atom stereocenters. The van der Waals surface area contributed by atoms with E-state index in [1.165, 1.54) is 0 Å². The number of ether oxygens (including phenoxy) is 1. The molecule has 122 valence electrons. The number of carbonyl (C=O) groups is 1. The lowest BCUT2D eigenvalue weighted by molar-refractivity contribution is 0.233. The number of carbonyl (C=O) groups excluding carboxylic acids is 1. The molecule has 0 radical (unpaired) electrons. The molecule has 2 N–H and O–H groups in total. The molecule has 0 bridgehead atoms. The van der Waals surface area contributed by atoms with Crippen molar-refractivity contribution in [3.63, 3.8) is 0 Å². The molecule has 2 heterocycles. The number of urea groups is 1. The van der Waals surface area contributed by atoms with Crippen LogP contribution in [0.25, 0.3) is 0 Å². The number of likely N-dealkylation sites (tertiary alicyclic amines) is 1. The number of pyridine rings is 1. The Morgan fingerprint density at radius 1 is 1.50 bits per heavy atom. The third kappa shape index (κ3) is 5.18. The number of rotatable bonds is 6. The van der Waals surface area contributed by atoms with E-state index < -0.39 is 0 Å². The van der Waals surface area contributed by atoms with E-state index in [4.69, 9.17) is 4.74 Å². The van der Waals surface area contributed by atoms with Gasteiger partial charge in [0.1, 0.15) is 0 Å². The van der Waals surface area contributed by atoms with Crippen LogP contribution in [0.15, 0.2) is 18.3 Å². The number of hydrogen-bond donors (Lipinski definition) is 2. The van der Waals surface area contributed by atoms with Crippen LogP contribution in [0.4, 0.5) is 4.79 Å². The van der Waals surface area contributed by atoms with Crippen LogP contribution in [-0.2, 0) is 6.54 Å². The zero-order valence-corrected chi connectivity index (χ0v) is 13.6. The molecule has 2 rings (SSSR count). The van der Waals surface area contributed by atoms with Crippen LogP contribution in [0.1, 0.15) is 32.8 Å². The fourth-order valence-corrected chi connectivity index (χ4v) is 2.58. The number of nitrogens with zero attached hydrogens (tertiary/aromatic N) is 2. The number of hydrogen-bond acceptors (Lipinski definition) is 4. The van der Waals surface area contributed by atoms with E-state index in [0.717, 1.165) is 31.6 Å². The summed E-state index contributed by atoms with van der Waals surface area (Å²) >= 11 is 0. The van der Waals surface area contributed by atoms with E-state index in [-0.39, 0.29) is 18.1 Å². The molecule has 1 aliphatic heterocycles. The molecular formula is C16H26N4O2. The number of nitrogens with one attached hydrogen (secondary N) is 2. The van der Waals surface area contributed by atoms with E-state index in [1.54, 1.807) is 0 Å². The standard InChI is InChI=1S/C16H26N4O2/c1-4-22-15-6-5-13(9-17-15)10-20-8-7-14(11-20)19-16(21)18-12(2)3/h5-6,9,12,14H,4,7-8,10-11H2,1-3H3,(H2,18,19,21)/t14-/m0/s1. The van der Waals surface area contributed by atoms with Crippen molar-refractivity contribution in [1.29, 1.82) is 0 Å². The maximum absolute atomic E-state index is 11.7. The Morgan fingerprint density at radius 3 is 2.95 bits per heavy atom. The summed E-state index contributed by atoms with van der Waals surface area (Å²) in [6.45, 7) is 9.20. The van der Waals surface area contributed by atoms with Gasteiger partial charge in [-0.15, -0.1) is 0 Å². The maximum Gasteiger partial charge on any atom is 0.315 e. The molecule has 1 aromatic rings. The molecule has 0 aliphatic carbocycles. The SMILES string of the molecule is CCOc1ccc(CN2CC[C@H](NC(=O)NC(C)C)C2)cn1. The summed E-state index contributed by atoms with van der Waals surface area (Å²) in [5.41, 5.74) is 1.16. The minimum absolute atomic E-state index is 0.0791. The van der Waals surface area contributed by atoms with Crippen LogP contribution in [-0.4, -0.2) is 47.7 Å². The Hall–Kier alpha value is -1.82. The third-order valence-corrected chi connectivity index (χ3v) is 3.52. The normalized spacial score (nSPS) is 18.5. The molecule has 22 heavy (non-hydrogen) atoms. The van der Waals surface area contributed by atoms with Crippen LogP contribution in [0.5, 0.6) is 5.88 Å². The lowest BCUT2D eigenvalue weighted by atomic mass is 10.2. The van der Waals surface area contributed by atoms with Gasteiger partial charge in [0.2, 0.25) is 5.88 Å². The fraction of sp³-hybridized carbons (Fsp3) is 0.625. The van der Waals surface area contributed by atoms with E-state index in [0.29, 0.717) is 12.5 Å². The summed E-state index contributed by atoms with van der Waals surface area (Å²) < 4.78 is 5.34. The molecule has 6 heteroatoms.